The highest BCUT2D eigenvalue weighted by molar-refractivity contribution is 5.81. The van der Waals surface area contributed by atoms with Gasteiger partial charge in [-0.1, -0.05) is 25.1 Å². The van der Waals surface area contributed by atoms with Gasteiger partial charge < -0.3 is 5.11 Å². The molecule has 3 heteroatoms. The predicted molar refractivity (Wildman–Crippen MR) is 79.0 cm³/mol. The van der Waals surface area contributed by atoms with Crippen LogP contribution in [0.4, 0.5) is 0 Å². The van der Waals surface area contributed by atoms with Crippen LogP contribution in [0.1, 0.15) is 25.3 Å². The van der Waals surface area contributed by atoms with Gasteiger partial charge in [-0.15, -0.1) is 0 Å². The SMILES string of the molecule is CCN(CCCCO)Cc1cccc2ncccc12. The molecule has 2 aromatic rings. The number of aromatic nitrogens is 1. The second-order valence-corrected chi connectivity index (χ2v) is 4.79. The summed E-state index contributed by atoms with van der Waals surface area (Å²) < 4.78 is 0. The van der Waals surface area contributed by atoms with E-state index in [-0.39, 0.29) is 6.61 Å². The normalized spacial score (nSPS) is 11.3. The van der Waals surface area contributed by atoms with E-state index < -0.39 is 0 Å². The Hall–Kier alpha value is -1.45. The highest BCUT2D eigenvalue weighted by Crippen LogP contribution is 2.18. The molecule has 2 rings (SSSR count). The lowest BCUT2D eigenvalue weighted by molar-refractivity contribution is 0.244. The molecule has 0 aliphatic heterocycles. The van der Waals surface area contributed by atoms with Crippen LogP contribution >= 0.6 is 0 Å². The van der Waals surface area contributed by atoms with Gasteiger partial charge in [0.15, 0.2) is 0 Å². The number of aliphatic hydroxyl groups excluding tert-OH is 1. The maximum Gasteiger partial charge on any atom is 0.0705 e. The lowest BCUT2D eigenvalue weighted by Gasteiger charge is -2.21. The second-order valence-electron chi connectivity index (χ2n) is 4.79. The van der Waals surface area contributed by atoms with E-state index in [0.29, 0.717) is 0 Å². The van der Waals surface area contributed by atoms with Gasteiger partial charge in [0, 0.05) is 24.7 Å². The fourth-order valence-corrected chi connectivity index (χ4v) is 2.34. The van der Waals surface area contributed by atoms with Gasteiger partial charge in [-0.25, -0.2) is 0 Å². The van der Waals surface area contributed by atoms with Crippen LogP contribution in [0.5, 0.6) is 0 Å². The summed E-state index contributed by atoms with van der Waals surface area (Å²) in [5, 5.41) is 10.1. The van der Waals surface area contributed by atoms with E-state index in [2.05, 4.69) is 41.1 Å². The molecule has 1 N–H and O–H groups in total. The summed E-state index contributed by atoms with van der Waals surface area (Å²) in [6.07, 6.45) is 3.77. The third kappa shape index (κ3) is 3.75. The number of rotatable bonds is 7. The molecular weight excluding hydrogens is 236 g/mol. The van der Waals surface area contributed by atoms with E-state index in [9.17, 15) is 0 Å². The number of unbranched alkanes of at least 4 members (excludes halogenated alkanes) is 1. The van der Waals surface area contributed by atoms with Crippen LogP contribution in [0.2, 0.25) is 0 Å². The van der Waals surface area contributed by atoms with E-state index in [1.807, 2.05) is 12.3 Å². The van der Waals surface area contributed by atoms with Crippen molar-refractivity contribution in [3.63, 3.8) is 0 Å². The van der Waals surface area contributed by atoms with E-state index in [1.54, 1.807) is 0 Å². The van der Waals surface area contributed by atoms with E-state index in [1.165, 1.54) is 10.9 Å². The van der Waals surface area contributed by atoms with Gasteiger partial charge in [0.1, 0.15) is 0 Å². The molecule has 0 amide bonds. The van der Waals surface area contributed by atoms with Crippen molar-refractivity contribution in [3.05, 3.63) is 42.1 Å². The number of fused-ring (bicyclic) bond motifs is 1. The summed E-state index contributed by atoms with van der Waals surface area (Å²) in [6, 6.07) is 10.4. The highest BCUT2D eigenvalue weighted by Gasteiger charge is 2.06. The van der Waals surface area contributed by atoms with Crippen LogP contribution in [-0.2, 0) is 6.54 Å². The van der Waals surface area contributed by atoms with Crippen LogP contribution in [0, 0.1) is 0 Å². The Kier molecular flexibility index (Phi) is 5.31. The van der Waals surface area contributed by atoms with Crippen LogP contribution in [0.3, 0.4) is 0 Å². The summed E-state index contributed by atoms with van der Waals surface area (Å²) >= 11 is 0. The quantitative estimate of drug-likeness (QED) is 0.776. The number of aliphatic hydroxyl groups is 1. The van der Waals surface area contributed by atoms with E-state index >= 15 is 0 Å². The maximum atomic E-state index is 8.86. The third-order valence-electron chi connectivity index (χ3n) is 3.46. The van der Waals surface area contributed by atoms with Gasteiger partial charge in [-0.3, -0.25) is 9.88 Å². The fraction of sp³-hybridized carbons (Fsp3) is 0.438. The first-order chi connectivity index (χ1) is 9.35. The molecule has 1 aromatic carbocycles. The summed E-state index contributed by atoms with van der Waals surface area (Å²) in [5.74, 6) is 0. The topological polar surface area (TPSA) is 36.4 Å². The molecule has 0 radical (unpaired) electrons. The van der Waals surface area contributed by atoms with Gasteiger partial charge in [0.05, 0.1) is 5.52 Å². The molecule has 1 aromatic heterocycles. The molecule has 3 nitrogen and oxygen atoms in total. The summed E-state index contributed by atoms with van der Waals surface area (Å²) in [5.41, 5.74) is 2.39. The van der Waals surface area contributed by atoms with Crippen LogP contribution in [0.25, 0.3) is 10.9 Å². The van der Waals surface area contributed by atoms with Crippen molar-refractivity contribution in [1.82, 2.24) is 9.88 Å². The summed E-state index contributed by atoms with van der Waals surface area (Å²) in [7, 11) is 0. The Labute approximate surface area is 114 Å². The average Bonchev–Trinajstić information content (AvgIpc) is 2.46. The molecule has 0 saturated heterocycles. The van der Waals surface area contributed by atoms with Crippen molar-refractivity contribution < 1.29 is 5.11 Å². The molecule has 1 heterocycles. The van der Waals surface area contributed by atoms with Gasteiger partial charge in [-0.05, 0) is 43.6 Å². The minimum Gasteiger partial charge on any atom is -0.396 e. The third-order valence-corrected chi connectivity index (χ3v) is 3.46. The van der Waals surface area contributed by atoms with Crippen molar-refractivity contribution in [2.75, 3.05) is 19.7 Å². The summed E-state index contributed by atoms with van der Waals surface area (Å²) in [4.78, 5) is 6.81. The molecule has 102 valence electrons. The zero-order chi connectivity index (χ0) is 13.5. The molecule has 0 fully saturated rings. The number of benzene rings is 1. The fourth-order valence-electron chi connectivity index (χ4n) is 2.34. The molecule has 19 heavy (non-hydrogen) atoms. The van der Waals surface area contributed by atoms with Gasteiger partial charge in [0.25, 0.3) is 0 Å². The van der Waals surface area contributed by atoms with Crippen molar-refractivity contribution >= 4 is 10.9 Å². The molecular formula is C16H22N2O. The Morgan fingerprint density at radius 2 is 2.05 bits per heavy atom. The predicted octanol–water partition coefficient (Wildman–Crippen LogP) is 2.83. The number of pyridine rings is 1. The minimum atomic E-state index is 0.287. The van der Waals surface area contributed by atoms with E-state index in [0.717, 1.165) is 38.0 Å². The van der Waals surface area contributed by atoms with Crippen molar-refractivity contribution in [2.24, 2.45) is 0 Å². The first-order valence-corrected chi connectivity index (χ1v) is 7.01. The van der Waals surface area contributed by atoms with Gasteiger partial charge in [-0.2, -0.15) is 0 Å². The lowest BCUT2D eigenvalue weighted by atomic mass is 10.1. The first-order valence-electron chi connectivity index (χ1n) is 7.01. The number of nitrogens with zero attached hydrogens (tertiary/aromatic N) is 2. The van der Waals surface area contributed by atoms with Gasteiger partial charge in [0.2, 0.25) is 0 Å². The monoisotopic (exact) mass is 258 g/mol. The zero-order valence-corrected chi connectivity index (χ0v) is 11.5. The molecule has 0 bridgehead atoms. The number of hydrogen-bond donors (Lipinski definition) is 1. The second kappa shape index (κ2) is 7.22. The average molecular weight is 258 g/mol. The van der Waals surface area contributed by atoms with Gasteiger partial charge >= 0.3 is 0 Å². The highest BCUT2D eigenvalue weighted by atomic mass is 16.2. The zero-order valence-electron chi connectivity index (χ0n) is 11.5. The van der Waals surface area contributed by atoms with Crippen molar-refractivity contribution in [3.8, 4) is 0 Å². The largest absolute Gasteiger partial charge is 0.396 e. The van der Waals surface area contributed by atoms with E-state index in [4.69, 9.17) is 5.11 Å². The molecule has 0 aliphatic rings. The first kappa shape index (κ1) is 14.0. The summed E-state index contributed by atoms with van der Waals surface area (Å²) in [6.45, 7) is 5.48. The molecule has 0 unspecified atom stereocenters. The van der Waals surface area contributed by atoms with Crippen LogP contribution < -0.4 is 0 Å². The van der Waals surface area contributed by atoms with Crippen molar-refractivity contribution in [1.29, 1.82) is 0 Å². The van der Waals surface area contributed by atoms with Crippen LogP contribution in [0.15, 0.2) is 36.5 Å². The molecule has 0 saturated carbocycles. The Morgan fingerprint density at radius 1 is 1.16 bits per heavy atom. The standard InChI is InChI=1S/C16H22N2O/c1-2-18(11-3-4-12-19)13-14-7-5-9-16-15(14)8-6-10-17-16/h5-10,19H,2-4,11-13H2,1H3. The number of hydrogen-bond acceptors (Lipinski definition) is 3. The Bertz CT molecular complexity index is 508. The smallest absolute Gasteiger partial charge is 0.0705 e. The minimum absolute atomic E-state index is 0.287. The lowest BCUT2D eigenvalue weighted by Crippen LogP contribution is -2.24. The molecule has 0 atom stereocenters. The maximum absolute atomic E-state index is 8.86. The molecule has 0 aliphatic carbocycles. The Balaban J connectivity index is 2.10. The molecule has 0 spiro atoms. The van der Waals surface area contributed by atoms with Crippen molar-refractivity contribution in [2.45, 2.75) is 26.3 Å². The Morgan fingerprint density at radius 3 is 2.84 bits per heavy atom. The van der Waals surface area contributed by atoms with Crippen LogP contribution in [-0.4, -0.2) is 34.7 Å².